The zero-order chi connectivity index (χ0) is 12.4. The molecule has 0 saturated carbocycles. The molecule has 0 unspecified atom stereocenters. The highest BCUT2D eigenvalue weighted by atomic mass is 79.9. The molecule has 2 rings (SSSR count). The number of hydrogen-bond acceptors (Lipinski definition) is 3. The van der Waals surface area contributed by atoms with Gasteiger partial charge in [0.25, 0.3) is 0 Å². The van der Waals surface area contributed by atoms with Crippen LogP contribution in [0.15, 0.2) is 41.0 Å². The number of aryl methyl sites for hydroxylation is 1. The van der Waals surface area contributed by atoms with Crippen molar-refractivity contribution >= 4 is 33.1 Å². The highest BCUT2D eigenvalue weighted by Gasteiger charge is 2.09. The first-order chi connectivity index (χ1) is 8.08. The number of hydrogen-bond donors (Lipinski definition) is 1. The third-order valence-corrected chi connectivity index (χ3v) is 3.00. The van der Waals surface area contributed by atoms with E-state index >= 15 is 0 Å². The van der Waals surface area contributed by atoms with E-state index in [1.807, 2.05) is 30.1 Å². The van der Waals surface area contributed by atoms with Gasteiger partial charge >= 0.3 is 0 Å². The van der Waals surface area contributed by atoms with E-state index in [1.54, 1.807) is 6.20 Å². The number of pyridine rings is 1. The van der Waals surface area contributed by atoms with E-state index in [9.17, 15) is 0 Å². The lowest BCUT2D eigenvalue weighted by Crippen LogP contribution is -2.13. The van der Waals surface area contributed by atoms with Crippen LogP contribution in [0.5, 0.6) is 0 Å². The fraction of sp³-hybridized carbons (Fsp3) is 0.154. The summed E-state index contributed by atoms with van der Waals surface area (Å²) in [4.78, 5) is 6.32. The second-order valence-electron chi connectivity index (χ2n) is 3.96. The summed E-state index contributed by atoms with van der Waals surface area (Å²) in [6.07, 6.45) is 1.75. The second-order valence-corrected chi connectivity index (χ2v) is 4.88. The maximum absolute atomic E-state index is 5.96. The van der Waals surface area contributed by atoms with Gasteiger partial charge in [-0.2, -0.15) is 0 Å². The topological polar surface area (TPSA) is 42.2 Å². The smallest absolute Gasteiger partial charge is 0.156 e. The van der Waals surface area contributed by atoms with E-state index in [0.717, 1.165) is 16.0 Å². The SMILES string of the molecule is Cc1cccc(N(C)c2ncc(Br)cc2N)c1. The van der Waals surface area contributed by atoms with E-state index in [1.165, 1.54) is 5.56 Å². The molecule has 0 radical (unpaired) electrons. The molecule has 1 aromatic heterocycles. The molecule has 3 nitrogen and oxygen atoms in total. The van der Waals surface area contributed by atoms with Gasteiger partial charge in [0.2, 0.25) is 0 Å². The van der Waals surface area contributed by atoms with Crippen LogP contribution in [0.25, 0.3) is 0 Å². The molecule has 1 aromatic carbocycles. The molecule has 0 aliphatic carbocycles. The number of benzene rings is 1. The Morgan fingerprint density at radius 1 is 1.29 bits per heavy atom. The third-order valence-electron chi connectivity index (χ3n) is 2.57. The number of halogens is 1. The monoisotopic (exact) mass is 291 g/mol. The lowest BCUT2D eigenvalue weighted by atomic mass is 10.2. The summed E-state index contributed by atoms with van der Waals surface area (Å²) in [6.45, 7) is 2.07. The molecule has 0 aliphatic rings. The van der Waals surface area contributed by atoms with Crippen molar-refractivity contribution in [3.63, 3.8) is 0 Å². The van der Waals surface area contributed by atoms with Crippen molar-refractivity contribution in [1.82, 2.24) is 4.98 Å². The highest BCUT2D eigenvalue weighted by Crippen LogP contribution is 2.28. The first-order valence-electron chi connectivity index (χ1n) is 5.29. The lowest BCUT2D eigenvalue weighted by Gasteiger charge is -2.20. The Morgan fingerprint density at radius 2 is 2.06 bits per heavy atom. The van der Waals surface area contributed by atoms with Crippen LogP contribution in [0.2, 0.25) is 0 Å². The van der Waals surface area contributed by atoms with E-state index < -0.39 is 0 Å². The summed E-state index contributed by atoms with van der Waals surface area (Å²) < 4.78 is 0.886. The van der Waals surface area contributed by atoms with Gasteiger partial charge in [-0.15, -0.1) is 0 Å². The van der Waals surface area contributed by atoms with Crippen molar-refractivity contribution < 1.29 is 0 Å². The van der Waals surface area contributed by atoms with Crippen molar-refractivity contribution in [2.24, 2.45) is 0 Å². The molecule has 2 N–H and O–H groups in total. The van der Waals surface area contributed by atoms with Gasteiger partial charge in [0.15, 0.2) is 5.82 Å². The maximum atomic E-state index is 5.96. The molecule has 1 heterocycles. The summed E-state index contributed by atoms with van der Waals surface area (Å²) in [5.41, 5.74) is 8.91. The summed E-state index contributed by atoms with van der Waals surface area (Å²) in [5.74, 6) is 0.763. The largest absolute Gasteiger partial charge is 0.396 e. The van der Waals surface area contributed by atoms with Crippen LogP contribution in [-0.2, 0) is 0 Å². The van der Waals surface area contributed by atoms with Gasteiger partial charge in [0, 0.05) is 23.4 Å². The lowest BCUT2D eigenvalue weighted by molar-refractivity contribution is 1.12. The van der Waals surface area contributed by atoms with E-state index in [-0.39, 0.29) is 0 Å². The fourth-order valence-corrected chi connectivity index (χ4v) is 2.04. The van der Waals surface area contributed by atoms with Crippen molar-refractivity contribution in [1.29, 1.82) is 0 Å². The summed E-state index contributed by atoms with van der Waals surface area (Å²) in [5, 5.41) is 0. The minimum atomic E-state index is 0.656. The van der Waals surface area contributed by atoms with Gasteiger partial charge in [-0.05, 0) is 46.6 Å². The number of aromatic nitrogens is 1. The minimum absolute atomic E-state index is 0.656. The first-order valence-corrected chi connectivity index (χ1v) is 6.08. The fourth-order valence-electron chi connectivity index (χ4n) is 1.69. The zero-order valence-corrected chi connectivity index (χ0v) is 11.4. The number of anilines is 3. The Balaban J connectivity index is 2.40. The van der Waals surface area contributed by atoms with Gasteiger partial charge in [-0.3, -0.25) is 0 Å². The van der Waals surface area contributed by atoms with Crippen LogP contribution in [0.1, 0.15) is 5.56 Å². The quantitative estimate of drug-likeness (QED) is 0.921. The van der Waals surface area contributed by atoms with Gasteiger partial charge in [0.1, 0.15) is 0 Å². The predicted octanol–water partition coefficient (Wildman–Crippen LogP) is 3.50. The molecule has 4 heteroatoms. The Kier molecular flexibility index (Phi) is 3.33. The van der Waals surface area contributed by atoms with Crippen LogP contribution >= 0.6 is 15.9 Å². The number of nitrogens with zero attached hydrogens (tertiary/aromatic N) is 2. The molecule has 0 spiro atoms. The van der Waals surface area contributed by atoms with Crippen LogP contribution < -0.4 is 10.6 Å². The van der Waals surface area contributed by atoms with Gasteiger partial charge in [0.05, 0.1) is 5.69 Å². The van der Waals surface area contributed by atoms with Crippen LogP contribution in [0.4, 0.5) is 17.2 Å². The van der Waals surface area contributed by atoms with Crippen molar-refractivity contribution in [2.45, 2.75) is 6.92 Å². The molecule has 0 aliphatic heterocycles. The Labute approximate surface area is 109 Å². The van der Waals surface area contributed by atoms with Crippen molar-refractivity contribution in [2.75, 3.05) is 17.7 Å². The molecular formula is C13H14BrN3. The molecule has 0 fully saturated rings. The molecule has 0 bridgehead atoms. The Bertz CT molecular complexity index is 540. The Hall–Kier alpha value is -1.55. The van der Waals surface area contributed by atoms with Gasteiger partial charge in [-0.1, -0.05) is 12.1 Å². The maximum Gasteiger partial charge on any atom is 0.156 e. The first kappa shape index (κ1) is 11.9. The van der Waals surface area contributed by atoms with Gasteiger partial charge in [-0.25, -0.2) is 4.98 Å². The normalized spacial score (nSPS) is 10.3. The van der Waals surface area contributed by atoms with Crippen molar-refractivity contribution in [3.05, 3.63) is 46.6 Å². The molecule has 2 aromatic rings. The molecular weight excluding hydrogens is 278 g/mol. The molecule has 88 valence electrons. The van der Waals surface area contributed by atoms with Crippen molar-refractivity contribution in [3.8, 4) is 0 Å². The molecule has 0 saturated heterocycles. The summed E-state index contributed by atoms with van der Waals surface area (Å²) in [6, 6.07) is 10.1. The summed E-state index contributed by atoms with van der Waals surface area (Å²) >= 11 is 3.35. The molecule has 0 amide bonds. The van der Waals surface area contributed by atoms with E-state index in [4.69, 9.17) is 5.73 Å². The molecule has 0 atom stereocenters. The highest BCUT2D eigenvalue weighted by molar-refractivity contribution is 9.10. The number of rotatable bonds is 2. The third kappa shape index (κ3) is 2.58. The average Bonchev–Trinajstić information content (AvgIpc) is 2.28. The van der Waals surface area contributed by atoms with E-state index in [2.05, 4.69) is 40.0 Å². The molecule has 17 heavy (non-hydrogen) atoms. The second kappa shape index (κ2) is 4.75. The van der Waals surface area contributed by atoms with Crippen LogP contribution in [0, 0.1) is 6.92 Å². The van der Waals surface area contributed by atoms with Gasteiger partial charge < -0.3 is 10.6 Å². The predicted molar refractivity (Wildman–Crippen MR) is 75.6 cm³/mol. The van der Waals surface area contributed by atoms with E-state index in [0.29, 0.717) is 5.69 Å². The number of nitrogen functional groups attached to an aromatic ring is 1. The number of nitrogens with two attached hydrogens (primary N) is 1. The zero-order valence-electron chi connectivity index (χ0n) is 9.81. The Morgan fingerprint density at radius 3 is 2.71 bits per heavy atom. The standard InChI is InChI=1S/C13H14BrN3/c1-9-4-3-5-11(6-9)17(2)13-12(15)7-10(14)8-16-13/h3-8H,15H2,1-2H3. The van der Waals surface area contributed by atoms with Crippen LogP contribution in [-0.4, -0.2) is 12.0 Å². The average molecular weight is 292 g/mol. The minimum Gasteiger partial charge on any atom is -0.396 e. The summed E-state index contributed by atoms with van der Waals surface area (Å²) in [7, 11) is 1.96. The van der Waals surface area contributed by atoms with Crippen LogP contribution in [0.3, 0.4) is 0 Å².